The average Bonchev–Trinajstić information content (AvgIpc) is 3.78. The Kier molecular flexibility index (Phi) is 6.52. The normalized spacial score (nSPS) is 14.9. The molecule has 3 heterocycles. The Labute approximate surface area is 324 Å². The summed E-state index contributed by atoms with van der Waals surface area (Å²) in [4.78, 5) is 14.9. The summed E-state index contributed by atoms with van der Waals surface area (Å²) in [5, 5.41) is 2.55. The van der Waals surface area contributed by atoms with Crippen molar-refractivity contribution < 1.29 is 0 Å². The van der Waals surface area contributed by atoms with E-state index in [0.717, 1.165) is 22.3 Å². The largest absolute Gasteiger partial charge is 0.309 e. The van der Waals surface area contributed by atoms with Crippen molar-refractivity contribution in [1.82, 2.24) is 19.5 Å². The molecular formula is C52H32N4. The van der Waals surface area contributed by atoms with Crippen LogP contribution in [0.3, 0.4) is 0 Å². The number of hydrogen-bond donors (Lipinski definition) is 0. The zero-order chi connectivity index (χ0) is 36.8. The van der Waals surface area contributed by atoms with Crippen LogP contribution in [0.4, 0.5) is 0 Å². The van der Waals surface area contributed by atoms with Crippen molar-refractivity contribution in [1.29, 1.82) is 0 Å². The van der Waals surface area contributed by atoms with Crippen LogP contribution >= 0.6 is 0 Å². The summed E-state index contributed by atoms with van der Waals surface area (Å²) in [5.41, 5.74) is 16.2. The third-order valence-electron chi connectivity index (χ3n) is 11.9. The number of hydrogen-bond acceptors (Lipinski definition) is 3. The fourth-order valence-corrected chi connectivity index (χ4v) is 9.60. The first-order chi connectivity index (χ1) is 27.8. The van der Waals surface area contributed by atoms with Gasteiger partial charge in [-0.1, -0.05) is 182 Å². The molecule has 12 rings (SSSR count). The minimum absolute atomic E-state index is 0.537. The Bertz CT molecular complexity index is 3120. The fraction of sp³-hybridized carbons (Fsp3) is 0.0192. The third-order valence-corrected chi connectivity index (χ3v) is 11.9. The van der Waals surface area contributed by atoms with Crippen molar-refractivity contribution in [3.05, 3.63) is 216 Å². The number of fused-ring (bicyclic) bond motifs is 12. The first kappa shape index (κ1) is 31.0. The topological polar surface area (TPSA) is 43.6 Å². The van der Waals surface area contributed by atoms with Gasteiger partial charge in [-0.25, -0.2) is 15.0 Å². The summed E-state index contributed by atoms with van der Waals surface area (Å²) in [6.45, 7) is 0. The smallest absolute Gasteiger partial charge is 0.164 e. The van der Waals surface area contributed by atoms with E-state index < -0.39 is 5.41 Å². The van der Waals surface area contributed by atoms with Crippen molar-refractivity contribution in [3.63, 3.8) is 0 Å². The number of para-hydroxylation sites is 3. The lowest BCUT2D eigenvalue weighted by Crippen LogP contribution is -2.34. The van der Waals surface area contributed by atoms with Gasteiger partial charge < -0.3 is 4.57 Å². The minimum atomic E-state index is -0.537. The molecule has 1 atom stereocenters. The number of aromatic nitrogens is 4. The second kappa shape index (κ2) is 11.8. The van der Waals surface area contributed by atoms with Gasteiger partial charge in [0.15, 0.2) is 17.5 Å². The van der Waals surface area contributed by atoms with Crippen LogP contribution in [0, 0.1) is 0 Å². The number of nitrogens with zero attached hydrogens (tertiary/aromatic N) is 4. The summed E-state index contributed by atoms with van der Waals surface area (Å²) in [7, 11) is 0. The summed E-state index contributed by atoms with van der Waals surface area (Å²) >= 11 is 0. The van der Waals surface area contributed by atoms with Gasteiger partial charge in [-0.05, 0) is 56.6 Å². The molecule has 1 spiro atoms. The van der Waals surface area contributed by atoms with E-state index in [1.807, 2.05) is 60.7 Å². The van der Waals surface area contributed by atoms with Gasteiger partial charge in [0.1, 0.15) is 0 Å². The van der Waals surface area contributed by atoms with Crippen molar-refractivity contribution >= 4 is 21.8 Å². The molecular weight excluding hydrogens is 681 g/mol. The molecule has 0 bridgehead atoms. The molecule has 260 valence electrons. The third kappa shape index (κ3) is 4.21. The molecule has 0 N–H and O–H groups in total. The van der Waals surface area contributed by atoms with Crippen LogP contribution < -0.4 is 0 Å². The lowest BCUT2D eigenvalue weighted by molar-refractivity contribution is 0.750. The molecule has 0 fully saturated rings. The van der Waals surface area contributed by atoms with E-state index in [1.54, 1.807) is 0 Å². The van der Waals surface area contributed by atoms with Gasteiger partial charge in [-0.15, -0.1) is 0 Å². The standard InChI is InChI=1S/C52H32N4/c1-3-15-34(16-4-1)49-53-50(35-17-5-2-6-18-35)55-51(54-49)36-31-29-33(30-32-36)37-21-13-22-40-38-19-7-9-24-42(38)52(47(37)40)43-25-10-12-28-46(43)56-45-27-11-8-20-39(45)41-23-14-26-44(52)48(41)56/h1-32H. The van der Waals surface area contributed by atoms with E-state index in [9.17, 15) is 0 Å². The molecule has 0 amide bonds. The number of benzene rings is 8. The highest BCUT2D eigenvalue weighted by Gasteiger charge is 2.51. The summed E-state index contributed by atoms with van der Waals surface area (Å²) in [6.07, 6.45) is 0. The summed E-state index contributed by atoms with van der Waals surface area (Å²) in [5.74, 6) is 1.95. The van der Waals surface area contributed by atoms with Crippen LogP contribution in [0.5, 0.6) is 0 Å². The highest BCUT2D eigenvalue weighted by Crippen LogP contribution is 2.62. The van der Waals surface area contributed by atoms with Gasteiger partial charge in [0, 0.05) is 27.5 Å². The van der Waals surface area contributed by atoms with Crippen molar-refractivity contribution in [2.75, 3.05) is 0 Å². The van der Waals surface area contributed by atoms with Gasteiger partial charge in [-0.2, -0.15) is 0 Å². The minimum Gasteiger partial charge on any atom is -0.309 e. The van der Waals surface area contributed by atoms with E-state index in [-0.39, 0.29) is 0 Å². The molecule has 0 saturated heterocycles. The van der Waals surface area contributed by atoms with Crippen LogP contribution in [0.2, 0.25) is 0 Å². The molecule has 4 nitrogen and oxygen atoms in total. The van der Waals surface area contributed by atoms with E-state index in [1.165, 1.54) is 66.4 Å². The lowest BCUT2D eigenvalue weighted by Gasteiger charge is -2.40. The number of rotatable bonds is 4. The van der Waals surface area contributed by atoms with Gasteiger partial charge in [0.25, 0.3) is 0 Å². The molecule has 1 aliphatic carbocycles. The molecule has 1 unspecified atom stereocenters. The van der Waals surface area contributed by atoms with E-state index in [4.69, 9.17) is 15.0 Å². The Balaban J connectivity index is 1.09. The maximum absolute atomic E-state index is 5.02. The van der Waals surface area contributed by atoms with E-state index in [2.05, 4.69) is 138 Å². The molecule has 4 heteroatoms. The Hall–Kier alpha value is -7.43. The summed E-state index contributed by atoms with van der Waals surface area (Å²) < 4.78 is 2.50. The van der Waals surface area contributed by atoms with Gasteiger partial charge in [-0.3, -0.25) is 0 Å². The van der Waals surface area contributed by atoms with Gasteiger partial charge in [0.05, 0.1) is 22.1 Å². The highest BCUT2D eigenvalue weighted by atomic mass is 15.0. The average molecular weight is 713 g/mol. The second-order valence-corrected chi connectivity index (χ2v) is 14.7. The maximum Gasteiger partial charge on any atom is 0.164 e. The van der Waals surface area contributed by atoms with Crippen LogP contribution in [0.1, 0.15) is 22.3 Å². The molecule has 8 aromatic carbocycles. The molecule has 2 aliphatic rings. The molecule has 10 aromatic rings. The first-order valence-corrected chi connectivity index (χ1v) is 19.1. The van der Waals surface area contributed by atoms with Crippen molar-refractivity contribution in [3.8, 4) is 62.1 Å². The molecule has 56 heavy (non-hydrogen) atoms. The zero-order valence-electron chi connectivity index (χ0n) is 30.3. The Morgan fingerprint density at radius 2 is 0.839 bits per heavy atom. The lowest BCUT2D eigenvalue weighted by atomic mass is 9.64. The van der Waals surface area contributed by atoms with Crippen LogP contribution in [0.15, 0.2) is 194 Å². The predicted octanol–water partition coefficient (Wildman–Crippen LogP) is 12.3. The Morgan fingerprint density at radius 3 is 1.57 bits per heavy atom. The molecule has 0 radical (unpaired) electrons. The van der Waals surface area contributed by atoms with Gasteiger partial charge in [0.2, 0.25) is 0 Å². The van der Waals surface area contributed by atoms with Crippen molar-refractivity contribution in [2.45, 2.75) is 5.41 Å². The van der Waals surface area contributed by atoms with E-state index >= 15 is 0 Å². The van der Waals surface area contributed by atoms with Gasteiger partial charge >= 0.3 is 0 Å². The predicted molar refractivity (Wildman–Crippen MR) is 227 cm³/mol. The molecule has 0 saturated carbocycles. The second-order valence-electron chi connectivity index (χ2n) is 14.7. The monoisotopic (exact) mass is 712 g/mol. The Morgan fingerprint density at radius 1 is 0.339 bits per heavy atom. The molecule has 1 aliphatic heterocycles. The van der Waals surface area contributed by atoms with E-state index in [0.29, 0.717) is 17.5 Å². The SMILES string of the molecule is c1ccc(-c2nc(-c3ccccc3)nc(-c3ccc(-c4cccc5c4C4(c6ccccc6-5)c5ccccc5-n5c6ccccc6c6cccc4c65)cc3)n2)cc1. The van der Waals surface area contributed by atoms with Crippen LogP contribution in [-0.2, 0) is 5.41 Å². The van der Waals surface area contributed by atoms with Crippen molar-refractivity contribution in [2.24, 2.45) is 0 Å². The quantitative estimate of drug-likeness (QED) is 0.182. The van der Waals surface area contributed by atoms with Crippen LogP contribution in [-0.4, -0.2) is 19.5 Å². The maximum atomic E-state index is 5.02. The molecule has 2 aromatic heterocycles. The van der Waals surface area contributed by atoms with Crippen LogP contribution in [0.25, 0.3) is 83.9 Å². The fourth-order valence-electron chi connectivity index (χ4n) is 9.60. The first-order valence-electron chi connectivity index (χ1n) is 19.1. The highest BCUT2D eigenvalue weighted by molar-refractivity contribution is 6.13. The zero-order valence-corrected chi connectivity index (χ0v) is 30.3. The summed E-state index contributed by atoms with van der Waals surface area (Å²) in [6, 6.07) is 69.7.